The van der Waals surface area contributed by atoms with Crippen molar-refractivity contribution in [2.45, 2.75) is 54.1 Å². The quantitative estimate of drug-likeness (QED) is 0.326. The van der Waals surface area contributed by atoms with Gasteiger partial charge < -0.3 is 10.2 Å². The summed E-state index contributed by atoms with van der Waals surface area (Å²) >= 11 is 0. The first kappa shape index (κ1) is 22.2. The second-order valence-corrected chi connectivity index (χ2v) is 5.47. The molecule has 0 fully saturated rings. The summed E-state index contributed by atoms with van der Waals surface area (Å²) in [5.41, 5.74) is -0.500. The molecule has 0 aliphatic heterocycles. The van der Waals surface area contributed by atoms with Gasteiger partial charge in [-0.3, -0.25) is 4.79 Å². The van der Waals surface area contributed by atoms with E-state index >= 15 is 0 Å². The van der Waals surface area contributed by atoms with Crippen molar-refractivity contribution < 1.29 is 40.9 Å². The standard InChI is InChI=1S/C9H16O2.C4H10O.Hf/c1-6(2)8(10)5-9(11)7(3)4;1-4(2,3)5;/h5-7,10H,1-4H3;5H,1-3H3;/p+1/b8-5-;;. The van der Waals surface area contributed by atoms with Gasteiger partial charge in [-0.15, -0.1) is 0 Å². The van der Waals surface area contributed by atoms with Crippen molar-refractivity contribution in [3.63, 3.8) is 0 Å². The molecule has 4 heteroatoms. The normalized spacial score (nSPS) is 11.8. The number of ketones is 1. The summed E-state index contributed by atoms with van der Waals surface area (Å²) in [6.07, 6.45) is 1.43. The van der Waals surface area contributed by atoms with E-state index < -0.39 is 5.60 Å². The molecular formula is C13H27HfO3+. The molecule has 3 nitrogen and oxygen atoms in total. The van der Waals surface area contributed by atoms with Gasteiger partial charge in [-0.25, -0.2) is 0 Å². The molecule has 17 heavy (non-hydrogen) atoms. The average Bonchev–Trinajstić information content (AvgIpc) is 2.00. The summed E-state index contributed by atoms with van der Waals surface area (Å²) < 4.78 is 0. The van der Waals surface area contributed by atoms with Gasteiger partial charge in [0.25, 0.3) is 0 Å². The van der Waals surface area contributed by atoms with E-state index in [2.05, 4.69) is 0 Å². The Balaban J connectivity index is -0.000000280. The van der Waals surface area contributed by atoms with Crippen molar-refractivity contribution in [3.05, 3.63) is 11.8 Å². The fourth-order valence-corrected chi connectivity index (χ4v) is 0.485. The van der Waals surface area contributed by atoms with Crippen LogP contribution in [0.4, 0.5) is 0 Å². The molecule has 0 aromatic heterocycles. The first-order valence-electron chi connectivity index (χ1n) is 5.63. The monoisotopic (exact) mass is 411 g/mol. The topological polar surface area (TPSA) is 61.9 Å². The first-order valence-corrected chi connectivity index (χ1v) is 5.63. The van der Waals surface area contributed by atoms with E-state index in [1.807, 2.05) is 27.7 Å². The van der Waals surface area contributed by atoms with Crippen LogP contribution in [0.15, 0.2) is 11.8 Å². The van der Waals surface area contributed by atoms with E-state index in [4.69, 9.17) is 5.11 Å². The number of aliphatic hydroxyl groups is 2. The second kappa shape index (κ2) is 10.0. The minimum atomic E-state index is -0.500. The third-order valence-corrected chi connectivity index (χ3v) is 1.48. The van der Waals surface area contributed by atoms with Crippen LogP contribution in [0.25, 0.3) is 0 Å². The molecule has 0 radical (unpaired) electrons. The third kappa shape index (κ3) is 21.8. The van der Waals surface area contributed by atoms with Crippen LogP contribution in [0, 0.1) is 11.8 Å². The van der Waals surface area contributed by atoms with Crippen molar-refractivity contribution in [3.8, 4) is 0 Å². The number of aliphatic hydroxyl groups excluding tert-OH is 1. The first-order chi connectivity index (χ1) is 6.95. The van der Waals surface area contributed by atoms with Crippen LogP contribution in [0.2, 0.25) is 0 Å². The number of hydrogen-bond acceptors (Lipinski definition) is 2. The van der Waals surface area contributed by atoms with E-state index in [0.717, 1.165) is 0 Å². The molecule has 0 unspecified atom stereocenters. The minimum Gasteiger partial charge on any atom is -0.512 e. The zero-order valence-corrected chi connectivity index (χ0v) is 15.7. The molecule has 0 bridgehead atoms. The van der Waals surface area contributed by atoms with Gasteiger partial charge in [0.1, 0.15) is 5.76 Å². The van der Waals surface area contributed by atoms with Gasteiger partial charge in [0.15, 0.2) is 0 Å². The van der Waals surface area contributed by atoms with Crippen LogP contribution >= 0.6 is 0 Å². The van der Waals surface area contributed by atoms with Crippen molar-refractivity contribution in [1.29, 1.82) is 0 Å². The second-order valence-electron chi connectivity index (χ2n) is 5.47. The van der Waals surface area contributed by atoms with Gasteiger partial charge in [-0.1, -0.05) is 27.7 Å². The Morgan fingerprint density at radius 1 is 1.06 bits per heavy atom. The van der Waals surface area contributed by atoms with E-state index in [-0.39, 0.29) is 49.2 Å². The molecule has 0 aliphatic carbocycles. The number of carbonyl (C=O) groups excluding carboxylic acids is 1. The Labute approximate surface area is 124 Å². The smallest absolute Gasteiger partial charge is 0.322 e. The van der Waals surface area contributed by atoms with Crippen LogP contribution in [0.5, 0.6) is 0 Å². The van der Waals surface area contributed by atoms with Crippen LogP contribution < -0.4 is 0 Å². The molecule has 0 atom stereocenters. The molecule has 0 aromatic carbocycles. The van der Waals surface area contributed by atoms with E-state index in [1.165, 1.54) is 6.08 Å². The Kier molecular flexibility index (Phi) is 13.1. The maximum Gasteiger partial charge on any atom is 0.322 e. The summed E-state index contributed by atoms with van der Waals surface area (Å²) in [4.78, 5) is 9.23. The Bertz CT molecular complexity index is 232. The van der Waals surface area contributed by atoms with Crippen LogP contribution in [0.3, 0.4) is 0 Å². The molecule has 0 heterocycles. The number of allylic oxidation sites excluding steroid dienone is 2. The Hall–Kier alpha value is 0.0401. The SMILES string of the molecule is CC(C)(C)O.CC(C)C(=[OH+])/C=C(\O)C(C)C.[Hf]. The maximum absolute atomic E-state index is 9.23. The Morgan fingerprint density at radius 3 is 1.53 bits per heavy atom. The van der Waals surface area contributed by atoms with Crippen LogP contribution in [-0.2, 0) is 25.8 Å². The number of rotatable bonds is 3. The summed E-state index contributed by atoms with van der Waals surface area (Å²) in [6, 6.07) is 0. The molecule has 0 spiro atoms. The fraction of sp³-hybridized carbons (Fsp3) is 0.769. The largest absolute Gasteiger partial charge is 0.512 e. The van der Waals surface area contributed by atoms with Crippen molar-refractivity contribution in [1.82, 2.24) is 0 Å². The zero-order chi connectivity index (χ0) is 13.5. The minimum absolute atomic E-state index is 0. The predicted octanol–water partition coefficient (Wildman–Crippen LogP) is 3.06. The summed E-state index contributed by atoms with van der Waals surface area (Å²) in [7, 11) is 0. The molecule has 3 N–H and O–H groups in total. The number of hydrogen-bond donors (Lipinski definition) is 2. The van der Waals surface area contributed by atoms with Gasteiger partial charge in [0.05, 0.1) is 17.6 Å². The fourth-order valence-electron chi connectivity index (χ4n) is 0.485. The van der Waals surface area contributed by atoms with Gasteiger partial charge in [-0.2, -0.15) is 0 Å². The molecule has 0 rings (SSSR count). The molecule has 0 saturated carbocycles. The van der Waals surface area contributed by atoms with Crippen LogP contribution in [-0.4, -0.2) is 26.4 Å². The maximum atomic E-state index is 9.23. The van der Waals surface area contributed by atoms with Crippen molar-refractivity contribution in [2.24, 2.45) is 11.8 Å². The van der Waals surface area contributed by atoms with E-state index in [0.29, 0.717) is 0 Å². The molecular weight excluding hydrogens is 383 g/mol. The zero-order valence-electron chi connectivity index (χ0n) is 12.1. The predicted molar refractivity (Wildman–Crippen MR) is 69.3 cm³/mol. The molecule has 0 saturated heterocycles. The van der Waals surface area contributed by atoms with E-state index in [1.54, 1.807) is 20.8 Å². The van der Waals surface area contributed by atoms with Gasteiger partial charge in [-0.05, 0) is 20.8 Å². The van der Waals surface area contributed by atoms with Gasteiger partial charge >= 0.3 is 5.78 Å². The summed E-state index contributed by atoms with van der Waals surface area (Å²) in [5, 5.41) is 17.7. The van der Waals surface area contributed by atoms with Gasteiger partial charge in [0.2, 0.25) is 0 Å². The molecule has 100 valence electrons. The molecule has 0 aromatic rings. The van der Waals surface area contributed by atoms with Crippen molar-refractivity contribution in [2.75, 3.05) is 0 Å². The molecule has 0 aliphatic rings. The third-order valence-electron chi connectivity index (χ3n) is 1.48. The molecule has 0 amide bonds. The average molecular weight is 410 g/mol. The summed E-state index contributed by atoms with van der Waals surface area (Å²) in [6.45, 7) is 12.7. The van der Waals surface area contributed by atoms with E-state index in [9.17, 15) is 9.90 Å². The van der Waals surface area contributed by atoms with Gasteiger partial charge in [0, 0.05) is 31.8 Å². The van der Waals surface area contributed by atoms with Crippen molar-refractivity contribution >= 4 is 5.78 Å². The van der Waals surface area contributed by atoms with Crippen LogP contribution in [0.1, 0.15) is 48.5 Å². The Morgan fingerprint density at radius 2 is 1.35 bits per heavy atom. The summed E-state index contributed by atoms with van der Waals surface area (Å²) in [5.74, 6) is 0.624.